The van der Waals surface area contributed by atoms with Gasteiger partial charge in [0.25, 0.3) is 0 Å². The summed E-state index contributed by atoms with van der Waals surface area (Å²) in [6, 6.07) is 9.08. The molecule has 0 aliphatic carbocycles. The number of amides is 2. The van der Waals surface area contributed by atoms with Gasteiger partial charge in [0.2, 0.25) is 0 Å². The minimum absolute atomic E-state index is 0.317. The second-order valence-electron chi connectivity index (χ2n) is 2.78. The lowest BCUT2D eigenvalue weighted by Gasteiger charge is -2.09. The van der Waals surface area contributed by atoms with Crippen LogP contribution in [-0.4, -0.2) is 11.1 Å². The summed E-state index contributed by atoms with van der Waals surface area (Å²) >= 11 is 4.88. The summed E-state index contributed by atoms with van der Waals surface area (Å²) in [5.74, 6) is 0. The molecule has 1 aromatic carbocycles. The van der Waals surface area contributed by atoms with Gasteiger partial charge in [-0.3, -0.25) is 5.43 Å². The standard InChI is InChI=1S/C9H12N4OS/c10-8(14)12-13-9(15)11-6-7-4-2-1-3-5-7/h1-5H,6H2,(H3,10,12,14)(H2,11,13,15). The number of carbonyl (C=O) groups is 1. The summed E-state index contributed by atoms with van der Waals surface area (Å²) in [5.41, 5.74) is 10.6. The van der Waals surface area contributed by atoms with Crippen LogP contribution in [0.3, 0.4) is 0 Å². The van der Waals surface area contributed by atoms with Crippen LogP contribution in [0.5, 0.6) is 0 Å². The molecule has 0 bridgehead atoms. The molecule has 0 aliphatic rings. The van der Waals surface area contributed by atoms with Gasteiger partial charge >= 0.3 is 6.03 Å². The molecule has 0 unspecified atom stereocenters. The maximum atomic E-state index is 10.3. The van der Waals surface area contributed by atoms with Gasteiger partial charge in [0.05, 0.1) is 0 Å². The third-order valence-electron chi connectivity index (χ3n) is 1.60. The van der Waals surface area contributed by atoms with Crippen LogP contribution in [-0.2, 0) is 6.54 Å². The van der Waals surface area contributed by atoms with E-state index in [1.165, 1.54) is 0 Å². The average Bonchev–Trinajstić information content (AvgIpc) is 2.25. The Hall–Kier alpha value is -1.82. The number of urea groups is 1. The van der Waals surface area contributed by atoms with E-state index >= 15 is 0 Å². The number of thiocarbonyl (C=S) groups is 1. The molecule has 5 nitrogen and oxygen atoms in total. The van der Waals surface area contributed by atoms with E-state index in [0.29, 0.717) is 11.7 Å². The number of benzene rings is 1. The topological polar surface area (TPSA) is 79.2 Å². The fourth-order valence-electron chi connectivity index (χ4n) is 0.941. The molecule has 0 saturated heterocycles. The molecule has 0 aliphatic heterocycles. The lowest BCUT2D eigenvalue weighted by atomic mass is 10.2. The van der Waals surface area contributed by atoms with Gasteiger partial charge in [-0.1, -0.05) is 30.3 Å². The van der Waals surface area contributed by atoms with Crippen molar-refractivity contribution in [3.05, 3.63) is 35.9 Å². The van der Waals surface area contributed by atoms with E-state index in [9.17, 15) is 4.79 Å². The first-order valence-corrected chi connectivity index (χ1v) is 4.72. The number of nitrogens with two attached hydrogens (primary N) is 1. The van der Waals surface area contributed by atoms with E-state index in [2.05, 4.69) is 16.2 Å². The van der Waals surface area contributed by atoms with Crippen molar-refractivity contribution in [2.45, 2.75) is 6.54 Å². The third kappa shape index (κ3) is 4.82. The number of hydrogen-bond donors (Lipinski definition) is 4. The molecular formula is C9H12N4OS. The lowest BCUT2D eigenvalue weighted by molar-refractivity contribution is 0.247. The van der Waals surface area contributed by atoms with Gasteiger partial charge in [-0.05, 0) is 17.8 Å². The van der Waals surface area contributed by atoms with E-state index in [-0.39, 0.29) is 0 Å². The number of primary amides is 1. The monoisotopic (exact) mass is 224 g/mol. The summed E-state index contributed by atoms with van der Waals surface area (Å²) in [5, 5.41) is 3.22. The second kappa shape index (κ2) is 5.82. The van der Waals surface area contributed by atoms with Crippen LogP contribution in [0.15, 0.2) is 30.3 Å². The van der Waals surface area contributed by atoms with E-state index < -0.39 is 6.03 Å². The molecule has 0 fully saturated rings. The molecule has 2 amide bonds. The van der Waals surface area contributed by atoms with Gasteiger partial charge in [-0.2, -0.15) is 0 Å². The van der Waals surface area contributed by atoms with Crippen molar-refractivity contribution in [1.29, 1.82) is 0 Å². The normalized spacial score (nSPS) is 9.07. The molecule has 0 aromatic heterocycles. The largest absolute Gasteiger partial charge is 0.357 e. The summed E-state index contributed by atoms with van der Waals surface area (Å²) in [6.45, 7) is 0.590. The Morgan fingerprint density at radius 2 is 1.93 bits per heavy atom. The highest BCUT2D eigenvalue weighted by Crippen LogP contribution is 1.96. The van der Waals surface area contributed by atoms with Gasteiger partial charge < -0.3 is 11.1 Å². The van der Waals surface area contributed by atoms with Gasteiger partial charge in [0.15, 0.2) is 5.11 Å². The van der Waals surface area contributed by atoms with Crippen molar-refractivity contribution in [3.63, 3.8) is 0 Å². The first-order chi connectivity index (χ1) is 7.18. The van der Waals surface area contributed by atoms with Crippen molar-refractivity contribution in [1.82, 2.24) is 16.2 Å². The Bertz CT molecular complexity index is 341. The van der Waals surface area contributed by atoms with Crippen LogP contribution >= 0.6 is 12.2 Å². The minimum atomic E-state index is -0.682. The Balaban J connectivity index is 2.26. The Morgan fingerprint density at radius 1 is 1.27 bits per heavy atom. The minimum Gasteiger partial charge on any atom is -0.357 e. The zero-order chi connectivity index (χ0) is 11.1. The number of rotatable bonds is 2. The van der Waals surface area contributed by atoms with Gasteiger partial charge in [-0.15, -0.1) is 0 Å². The van der Waals surface area contributed by atoms with Gasteiger partial charge in [-0.25, -0.2) is 10.2 Å². The molecule has 6 heteroatoms. The Morgan fingerprint density at radius 3 is 2.53 bits per heavy atom. The number of hydrogen-bond acceptors (Lipinski definition) is 2. The van der Waals surface area contributed by atoms with Crippen molar-refractivity contribution < 1.29 is 4.79 Å². The summed E-state index contributed by atoms with van der Waals surface area (Å²) < 4.78 is 0. The number of nitrogens with one attached hydrogen (secondary N) is 3. The van der Waals surface area contributed by atoms with E-state index in [1.54, 1.807) is 0 Å². The van der Waals surface area contributed by atoms with Crippen LogP contribution in [0, 0.1) is 0 Å². The molecule has 5 N–H and O–H groups in total. The highest BCUT2D eigenvalue weighted by molar-refractivity contribution is 7.80. The van der Waals surface area contributed by atoms with E-state index in [0.717, 1.165) is 5.56 Å². The molecule has 1 aromatic rings. The molecule has 80 valence electrons. The zero-order valence-electron chi connectivity index (χ0n) is 7.99. The molecule has 0 spiro atoms. The SMILES string of the molecule is NC(=O)NNC(=S)NCc1ccccc1. The highest BCUT2D eigenvalue weighted by Gasteiger charge is 1.96. The first kappa shape index (κ1) is 11.3. The van der Waals surface area contributed by atoms with E-state index in [1.807, 2.05) is 30.3 Å². The van der Waals surface area contributed by atoms with Crippen LogP contribution in [0.1, 0.15) is 5.56 Å². The lowest BCUT2D eigenvalue weighted by Crippen LogP contribution is -2.48. The third-order valence-corrected chi connectivity index (χ3v) is 1.84. The molecule has 0 radical (unpaired) electrons. The van der Waals surface area contributed by atoms with Crippen molar-refractivity contribution in [2.24, 2.45) is 5.73 Å². The summed E-state index contributed by atoms with van der Waals surface area (Å²) in [6.07, 6.45) is 0. The predicted molar refractivity (Wildman–Crippen MR) is 61.7 cm³/mol. The van der Waals surface area contributed by atoms with Crippen molar-refractivity contribution in [2.75, 3.05) is 0 Å². The molecule has 0 saturated carbocycles. The quantitative estimate of drug-likeness (QED) is 0.428. The molecule has 0 atom stereocenters. The molecular weight excluding hydrogens is 212 g/mol. The Labute approximate surface area is 93.0 Å². The molecule has 0 heterocycles. The molecule has 1 rings (SSSR count). The van der Waals surface area contributed by atoms with Crippen LogP contribution < -0.4 is 21.9 Å². The summed E-state index contributed by atoms with van der Waals surface area (Å²) in [4.78, 5) is 10.3. The predicted octanol–water partition coefficient (Wildman–Crippen LogP) is 0.234. The van der Waals surface area contributed by atoms with Crippen LogP contribution in [0.2, 0.25) is 0 Å². The zero-order valence-corrected chi connectivity index (χ0v) is 8.80. The molecule has 15 heavy (non-hydrogen) atoms. The fourth-order valence-corrected chi connectivity index (χ4v) is 1.06. The van der Waals surface area contributed by atoms with Gasteiger partial charge in [0, 0.05) is 6.54 Å². The highest BCUT2D eigenvalue weighted by atomic mass is 32.1. The van der Waals surface area contributed by atoms with Crippen molar-refractivity contribution >= 4 is 23.4 Å². The smallest absolute Gasteiger partial charge is 0.330 e. The maximum absolute atomic E-state index is 10.3. The van der Waals surface area contributed by atoms with Gasteiger partial charge in [0.1, 0.15) is 0 Å². The number of hydrazine groups is 1. The van der Waals surface area contributed by atoms with Crippen LogP contribution in [0.4, 0.5) is 4.79 Å². The average molecular weight is 224 g/mol. The van der Waals surface area contributed by atoms with E-state index in [4.69, 9.17) is 18.0 Å². The van der Waals surface area contributed by atoms with Crippen LogP contribution in [0.25, 0.3) is 0 Å². The summed E-state index contributed by atoms with van der Waals surface area (Å²) in [7, 11) is 0. The Kier molecular flexibility index (Phi) is 4.36. The number of carbonyl (C=O) groups excluding carboxylic acids is 1. The second-order valence-corrected chi connectivity index (χ2v) is 3.19. The first-order valence-electron chi connectivity index (χ1n) is 4.31. The van der Waals surface area contributed by atoms with Crippen molar-refractivity contribution in [3.8, 4) is 0 Å². The fraction of sp³-hybridized carbons (Fsp3) is 0.111. The maximum Gasteiger partial charge on any atom is 0.330 e.